The second kappa shape index (κ2) is 3.58. The Morgan fingerprint density at radius 3 is 2.67 bits per heavy atom. The van der Waals surface area contributed by atoms with E-state index in [0.29, 0.717) is 0 Å². The van der Waals surface area contributed by atoms with Gasteiger partial charge in [-0.05, 0) is 13.3 Å². The van der Waals surface area contributed by atoms with E-state index in [9.17, 15) is 8.42 Å². The first-order valence-electron chi connectivity index (χ1n) is 4.80. The molecule has 3 N–H and O–H groups in total. The largest absolute Gasteiger partial charge is 0.295 e. The normalized spacial score (nSPS) is 19.9. The number of aromatic nitrogens is 2. The van der Waals surface area contributed by atoms with Crippen molar-refractivity contribution in [3.05, 3.63) is 11.8 Å². The topological polar surface area (TPSA) is 92.1 Å². The first kappa shape index (κ1) is 10.6. The van der Waals surface area contributed by atoms with Crippen LogP contribution in [0.25, 0.3) is 0 Å². The Hall–Kier alpha value is -0.920. The minimum absolute atomic E-state index is 0.0927. The fraction of sp³-hybridized carbons (Fsp3) is 0.625. The van der Waals surface area contributed by atoms with Crippen molar-refractivity contribution in [2.24, 2.45) is 5.14 Å². The lowest BCUT2D eigenvalue weighted by Crippen LogP contribution is -2.39. The molecule has 2 heterocycles. The molecule has 0 bridgehead atoms. The summed E-state index contributed by atoms with van der Waals surface area (Å²) < 4.78 is 22.0. The van der Waals surface area contributed by atoms with Gasteiger partial charge in [-0.2, -0.15) is 5.10 Å². The Bertz CT molecular complexity index is 449. The Balaban J connectivity index is 2.19. The summed E-state index contributed by atoms with van der Waals surface area (Å²) in [4.78, 5) is 2.24. The molecular formula is C8H14N4O2S. The fourth-order valence-electron chi connectivity index (χ4n) is 1.60. The monoisotopic (exact) mass is 230 g/mol. The smallest absolute Gasteiger partial charge is 0.257 e. The number of nitrogens with zero attached hydrogens (tertiary/aromatic N) is 2. The molecule has 0 spiro atoms. The molecule has 84 valence electrons. The van der Waals surface area contributed by atoms with Crippen LogP contribution in [0.3, 0.4) is 0 Å². The maximum absolute atomic E-state index is 11.0. The second-order valence-electron chi connectivity index (χ2n) is 3.77. The number of nitrogens with one attached hydrogen (secondary N) is 1. The van der Waals surface area contributed by atoms with Gasteiger partial charge in [0.05, 0.1) is 5.69 Å². The van der Waals surface area contributed by atoms with Crippen molar-refractivity contribution in [2.75, 3.05) is 13.1 Å². The molecule has 7 heteroatoms. The van der Waals surface area contributed by atoms with E-state index in [1.807, 2.05) is 6.92 Å². The number of hydrogen-bond donors (Lipinski definition) is 2. The van der Waals surface area contributed by atoms with Gasteiger partial charge in [0.1, 0.15) is 0 Å². The van der Waals surface area contributed by atoms with E-state index in [0.717, 1.165) is 18.8 Å². The second-order valence-corrected chi connectivity index (χ2v) is 5.28. The molecule has 0 saturated carbocycles. The van der Waals surface area contributed by atoms with Gasteiger partial charge in [0.25, 0.3) is 10.0 Å². The molecule has 6 nitrogen and oxygen atoms in total. The predicted octanol–water partition coefficient (Wildman–Crippen LogP) is -0.176. The molecule has 2 rings (SSSR count). The van der Waals surface area contributed by atoms with Crippen molar-refractivity contribution in [1.29, 1.82) is 0 Å². The average Bonchev–Trinajstić information content (AvgIpc) is 2.46. The zero-order valence-electron chi connectivity index (χ0n) is 8.47. The number of likely N-dealkylation sites (tertiary alicyclic amines) is 1. The number of H-pyrrole nitrogens is 1. The highest BCUT2D eigenvalue weighted by Crippen LogP contribution is 2.24. The van der Waals surface area contributed by atoms with Crippen molar-refractivity contribution < 1.29 is 8.42 Å². The minimum atomic E-state index is -3.69. The zero-order valence-corrected chi connectivity index (χ0v) is 9.29. The van der Waals surface area contributed by atoms with Crippen LogP contribution in [-0.2, 0) is 10.0 Å². The molecule has 1 unspecified atom stereocenters. The van der Waals surface area contributed by atoms with Gasteiger partial charge in [-0.1, -0.05) is 0 Å². The standard InChI is InChI=1S/C8H14N4O2S/c1-6(12-3-2-4-12)7-5-8(11-10-7)15(9,13)14/h5-6H,2-4H2,1H3,(H,10,11)(H2,9,13,14). The summed E-state index contributed by atoms with van der Waals surface area (Å²) in [5, 5.41) is 11.3. The number of rotatable bonds is 3. The zero-order chi connectivity index (χ0) is 11.1. The van der Waals surface area contributed by atoms with Crippen molar-refractivity contribution >= 4 is 10.0 Å². The lowest BCUT2D eigenvalue weighted by molar-refractivity contribution is 0.126. The SMILES string of the molecule is CC(c1cc(S(N)(=O)=O)n[nH]1)N1CCC1. The molecule has 1 aliphatic rings. The van der Waals surface area contributed by atoms with Gasteiger partial charge in [0, 0.05) is 25.2 Å². The van der Waals surface area contributed by atoms with Crippen LogP contribution in [0.4, 0.5) is 0 Å². The van der Waals surface area contributed by atoms with E-state index >= 15 is 0 Å². The van der Waals surface area contributed by atoms with E-state index < -0.39 is 10.0 Å². The van der Waals surface area contributed by atoms with Gasteiger partial charge >= 0.3 is 0 Å². The van der Waals surface area contributed by atoms with Crippen molar-refractivity contribution in [3.63, 3.8) is 0 Å². The maximum atomic E-state index is 11.0. The van der Waals surface area contributed by atoms with Crippen LogP contribution in [0.1, 0.15) is 25.1 Å². The van der Waals surface area contributed by atoms with E-state index in [4.69, 9.17) is 5.14 Å². The molecule has 0 aromatic carbocycles. The molecule has 1 atom stereocenters. The Labute approximate surface area is 88.5 Å². The lowest BCUT2D eigenvalue weighted by atomic mass is 10.1. The van der Waals surface area contributed by atoms with E-state index in [-0.39, 0.29) is 11.1 Å². The van der Waals surface area contributed by atoms with Crippen LogP contribution < -0.4 is 5.14 Å². The molecule has 1 aliphatic heterocycles. The number of sulfonamides is 1. The molecule has 1 aromatic rings. The number of nitrogens with two attached hydrogens (primary N) is 1. The molecule has 1 aromatic heterocycles. The third kappa shape index (κ3) is 2.04. The summed E-state index contributed by atoms with van der Waals surface area (Å²) in [5.74, 6) is 0. The molecular weight excluding hydrogens is 216 g/mol. The van der Waals surface area contributed by atoms with Gasteiger partial charge in [0.15, 0.2) is 5.03 Å². The molecule has 15 heavy (non-hydrogen) atoms. The van der Waals surface area contributed by atoms with E-state index in [1.54, 1.807) is 0 Å². The summed E-state index contributed by atoms with van der Waals surface area (Å²) in [6.07, 6.45) is 1.19. The van der Waals surface area contributed by atoms with Crippen LogP contribution in [-0.4, -0.2) is 36.6 Å². The van der Waals surface area contributed by atoms with Gasteiger partial charge in [-0.25, -0.2) is 13.6 Å². The lowest BCUT2D eigenvalue weighted by Gasteiger charge is -2.35. The highest BCUT2D eigenvalue weighted by atomic mass is 32.2. The van der Waals surface area contributed by atoms with Crippen molar-refractivity contribution in [3.8, 4) is 0 Å². The average molecular weight is 230 g/mol. The molecule has 1 fully saturated rings. The van der Waals surface area contributed by atoms with Gasteiger partial charge in [-0.15, -0.1) is 0 Å². The summed E-state index contributed by atoms with van der Waals surface area (Å²) in [6.45, 7) is 4.11. The Morgan fingerprint density at radius 1 is 1.60 bits per heavy atom. The Kier molecular flexibility index (Phi) is 2.53. The molecule has 0 amide bonds. The molecule has 0 aliphatic carbocycles. The quantitative estimate of drug-likeness (QED) is 0.753. The van der Waals surface area contributed by atoms with Gasteiger partial charge in [-0.3, -0.25) is 10.00 Å². The maximum Gasteiger partial charge on any atom is 0.257 e. The van der Waals surface area contributed by atoms with Crippen LogP contribution in [0.5, 0.6) is 0 Å². The number of aromatic amines is 1. The highest BCUT2D eigenvalue weighted by molar-refractivity contribution is 7.89. The third-order valence-electron chi connectivity index (χ3n) is 2.75. The summed E-state index contributed by atoms with van der Waals surface area (Å²) in [7, 11) is -3.69. The van der Waals surface area contributed by atoms with Crippen molar-refractivity contribution in [2.45, 2.75) is 24.4 Å². The predicted molar refractivity (Wildman–Crippen MR) is 54.6 cm³/mol. The first-order valence-corrected chi connectivity index (χ1v) is 6.35. The summed E-state index contributed by atoms with van der Waals surface area (Å²) >= 11 is 0. The van der Waals surface area contributed by atoms with Crippen molar-refractivity contribution in [1.82, 2.24) is 15.1 Å². The third-order valence-corrected chi connectivity index (χ3v) is 3.55. The van der Waals surface area contributed by atoms with Crippen LogP contribution in [0.2, 0.25) is 0 Å². The minimum Gasteiger partial charge on any atom is -0.295 e. The van der Waals surface area contributed by atoms with E-state index in [2.05, 4.69) is 15.1 Å². The number of primary sulfonamides is 1. The molecule has 1 saturated heterocycles. The fourth-order valence-corrected chi connectivity index (χ4v) is 2.07. The van der Waals surface area contributed by atoms with Gasteiger partial charge in [0.2, 0.25) is 0 Å². The summed E-state index contributed by atoms with van der Waals surface area (Å²) in [6, 6.07) is 1.67. The van der Waals surface area contributed by atoms with Gasteiger partial charge < -0.3 is 0 Å². The highest BCUT2D eigenvalue weighted by Gasteiger charge is 2.24. The Morgan fingerprint density at radius 2 is 2.27 bits per heavy atom. The molecule has 0 radical (unpaired) electrons. The van der Waals surface area contributed by atoms with Crippen LogP contribution in [0.15, 0.2) is 11.1 Å². The number of hydrogen-bond acceptors (Lipinski definition) is 4. The van der Waals surface area contributed by atoms with Crippen LogP contribution >= 0.6 is 0 Å². The first-order chi connectivity index (χ1) is 6.98. The van der Waals surface area contributed by atoms with Crippen LogP contribution in [0, 0.1) is 0 Å². The van der Waals surface area contributed by atoms with E-state index in [1.165, 1.54) is 12.5 Å². The summed E-state index contributed by atoms with van der Waals surface area (Å²) in [5.41, 5.74) is 0.790.